The van der Waals surface area contributed by atoms with Crippen LogP contribution in [0.3, 0.4) is 0 Å². The molecule has 0 radical (unpaired) electrons. The number of aromatic nitrogens is 1. The van der Waals surface area contributed by atoms with Gasteiger partial charge < -0.3 is 10.4 Å². The van der Waals surface area contributed by atoms with Gasteiger partial charge in [0.15, 0.2) is 0 Å². The highest BCUT2D eigenvalue weighted by atomic mass is 79.9. The van der Waals surface area contributed by atoms with Crippen molar-refractivity contribution in [3.8, 4) is 0 Å². The van der Waals surface area contributed by atoms with Gasteiger partial charge in [-0.25, -0.2) is 12.8 Å². The molecule has 1 heterocycles. The van der Waals surface area contributed by atoms with Gasteiger partial charge >= 0.3 is 0 Å². The maximum atomic E-state index is 14.2. The summed E-state index contributed by atoms with van der Waals surface area (Å²) in [6.07, 6.45) is 0.376. The first-order chi connectivity index (χ1) is 12.6. The standard InChI is InChI=1S/C17H19BrFN3O4S/c1-9-5-14(21-27(25,26)15-6-10(15)8-23)16(22(2)17(9)24)20-13-4-3-11(18)7-12(13)19/h3-5,7,10,15,20-21,23H,6,8H2,1-2H3. The summed E-state index contributed by atoms with van der Waals surface area (Å²) in [5.74, 6) is -0.734. The van der Waals surface area contributed by atoms with Crippen LogP contribution in [0, 0.1) is 18.7 Å². The van der Waals surface area contributed by atoms with Crippen LogP contribution in [0.15, 0.2) is 33.5 Å². The molecule has 1 aromatic heterocycles. The number of hydrogen-bond donors (Lipinski definition) is 3. The Bertz CT molecular complexity index is 1050. The second-order valence-electron chi connectivity index (χ2n) is 6.57. The third kappa shape index (κ3) is 4.02. The van der Waals surface area contributed by atoms with E-state index in [0.29, 0.717) is 16.5 Å². The smallest absolute Gasteiger partial charge is 0.254 e. The molecule has 7 nitrogen and oxygen atoms in total. The number of sulfonamides is 1. The van der Waals surface area contributed by atoms with Crippen molar-refractivity contribution in [2.45, 2.75) is 18.6 Å². The first kappa shape index (κ1) is 19.8. The molecule has 0 amide bonds. The van der Waals surface area contributed by atoms with Crippen molar-refractivity contribution in [1.29, 1.82) is 0 Å². The molecule has 146 valence electrons. The number of nitrogens with one attached hydrogen (secondary N) is 2. The maximum absolute atomic E-state index is 14.2. The van der Waals surface area contributed by atoms with Crippen LogP contribution in [-0.2, 0) is 17.1 Å². The van der Waals surface area contributed by atoms with Crippen molar-refractivity contribution in [2.24, 2.45) is 13.0 Å². The molecule has 0 aliphatic heterocycles. The predicted molar refractivity (Wildman–Crippen MR) is 105 cm³/mol. The fourth-order valence-electron chi connectivity index (χ4n) is 2.86. The van der Waals surface area contributed by atoms with Crippen molar-refractivity contribution >= 4 is 43.1 Å². The zero-order valence-corrected chi connectivity index (χ0v) is 17.1. The van der Waals surface area contributed by atoms with E-state index in [0.717, 1.165) is 0 Å². The van der Waals surface area contributed by atoms with Gasteiger partial charge in [-0.05, 0) is 37.6 Å². The van der Waals surface area contributed by atoms with Crippen molar-refractivity contribution < 1.29 is 17.9 Å². The van der Waals surface area contributed by atoms with Crippen molar-refractivity contribution in [3.05, 3.63) is 50.5 Å². The second-order valence-corrected chi connectivity index (χ2v) is 9.38. The summed E-state index contributed by atoms with van der Waals surface area (Å²) in [7, 11) is -2.27. The molecule has 3 rings (SSSR count). The Kier molecular flexibility index (Phi) is 5.33. The number of rotatable bonds is 6. The lowest BCUT2D eigenvalue weighted by atomic mass is 10.2. The molecule has 3 N–H and O–H groups in total. The number of pyridine rings is 1. The number of aryl methyl sites for hydroxylation is 1. The molecule has 0 bridgehead atoms. The van der Waals surface area contributed by atoms with E-state index in [9.17, 15) is 17.6 Å². The van der Waals surface area contributed by atoms with E-state index < -0.39 is 21.1 Å². The minimum Gasteiger partial charge on any atom is -0.396 e. The second kappa shape index (κ2) is 7.25. The number of benzene rings is 1. The van der Waals surface area contributed by atoms with E-state index in [-0.39, 0.29) is 35.3 Å². The molecule has 10 heteroatoms. The average Bonchev–Trinajstić information content (AvgIpc) is 3.39. The van der Waals surface area contributed by atoms with Crippen LogP contribution in [0.2, 0.25) is 0 Å². The first-order valence-corrected chi connectivity index (χ1v) is 10.5. The molecule has 1 aromatic carbocycles. The summed E-state index contributed by atoms with van der Waals surface area (Å²) >= 11 is 3.17. The van der Waals surface area contributed by atoms with Crippen LogP contribution in [0.4, 0.5) is 21.6 Å². The monoisotopic (exact) mass is 459 g/mol. The Morgan fingerprint density at radius 3 is 2.63 bits per heavy atom. The SMILES string of the molecule is Cc1cc(NS(=O)(=O)C2CC2CO)c(Nc2ccc(Br)cc2F)n(C)c1=O. The minimum atomic E-state index is -3.75. The van der Waals surface area contributed by atoms with E-state index in [1.165, 1.54) is 29.8 Å². The molecular formula is C17H19BrFN3O4S. The number of aliphatic hydroxyl groups is 1. The van der Waals surface area contributed by atoms with Gasteiger partial charge in [0, 0.05) is 29.6 Å². The molecule has 1 aliphatic rings. The van der Waals surface area contributed by atoms with Gasteiger partial charge in [0.1, 0.15) is 11.6 Å². The third-order valence-corrected chi connectivity index (χ3v) is 6.89. The quantitative estimate of drug-likeness (QED) is 0.615. The van der Waals surface area contributed by atoms with Crippen molar-refractivity contribution in [2.75, 3.05) is 16.6 Å². The van der Waals surface area contributed by atoms with Gasteiger partial charge in [-0.3, -0.25) is 14.1 Å². The van der Waals surface area contributed by atoms with Crippen LogP contribution in [0.25, 0.3) is 0 Å². The first-order valence-electron chi connectivity index (χ1n) is 8.19. The predicted octanol–water partition coefficient (Wildman–Crippen LogP) is 2.46. The van der Waals surface area contributed by atoms with E-state index >= 15 is 0 Å². The topological polar surface area (TPSA) is 100 Å². The third-order valence-electron chi connectivity index (χ3n) is 4.52. The number of anilines is 3. The lowest BCUT2D eigenvalue weighted by molar-refractivity contribution is 0.277. The summed E-state index contributed by atoms with van der Waals surface area (Å²) < 4.78 is 43.5. The zero-order valence-electron chi connectivity index (χ0n) is 14.7. The summed E-state index contributed by atoms with van der Waals surface area (Å²) in [6, 6.07) is 5.77. The molecule has 2 unspecified atom stereocenters. The van der Waals surface area contributed by atoms with Crippen LogP contribution in [0.5, 0.6) is 0 Å². The number of nitrogens with zero attached hydrogens (tertiary/aromatic N) is 1. The maximum Gasteiger partial charge on any atom is 0.254 e. The van der Waals surface area contributed by atoms with E-state index in [1.54, 1.807) is 13.0 Å². The number of halogens is 2. The summed E-state index contributed by atoms with van der Waals surface area (Å²) in [5.41, 5.74) is 0.238. The van der Waals surface area contributed by atoms with Gasteiger partial charge in [0.2, 0.25) is 10.0 Å². The lowest BCUT2D eigenvalue weighted by Gasteiger charge is -2.18. The molecule has 0 spiro atoms. The summed E-state index contributed by atoms with van der Waals surface area (Å²) in [6.45, 7) is 1.37. The molecule has 1 fully saturated rings. The Balaban J connectivity index is 2.02. The average molecular weight is 460 g/mol. The van der Waals surface area contributed by atoms with E-state index in [4.69, 9.17) is 5.11 Å². The van der Waals surface area contributed by atoms with Gasteiger partial charge in [0.05, 0.1) is 16.6 Å². The minimum absolute atomic E-state index is 0.0946. The molecule has 1 saturated carbocycles. The van der Waals surface area contributed by atoms with Gasteiger partial charge in [0.25, 0.3) is 5.56 Å². The fourth-order valence-corrected chi connectivity index (χ4v) is 4.90. The van der Waals surface area contributed by atoms with Gasteiger partial charge in [-0.1, -0.05) is 15.9 Å². The van der Waals surface area contributed by atoms with Crippen molar-refractivity contribution in [1.82, 2.24) is 4.57 Å². The molecule has 0 saturated heterocycles. The van der Waals surface area contributed by atoms with E-state index in [2.05, 4.69) is 26.0 Å². The van der Waals surface area contributed by atoms with E-state index in [1.807, 2.05) is 0 Å². The highest BCUT2D eigenvalue weighted by Gasteiger charge is 2.47. The summed E-state index contributed by atoms with van der Waals surface area (Å²) in [5, 5.41) is 11.3. The highest BCUT2D eigenvalue weighted by Crippen LogP contribution is 2.38. The lowest BCUT2D eigenvalue weighted by Crippen LogP contribution is -2.26. The molecule has 1 aliphatic carbocycles. The largest absolute Gasteiger partial charge is 0.396 e. The number of aliphatic hydroxyl groups excluding tert-OH is 1. The normalized spacial score (nSPS) is 19.0. The Labute approximate surface area is 164 Å². The van der Waals surface area contributed by atoms with Gasteiger partial charge in [-0.2, -0.15) is 0 Å². The molecule has 2 aromatic rings. The van der Waals surface area contributed by atoms with Crippen LogP contribution >= 0.6 is 15.9 Å². The zero-order chi connectivity index (χ0) is 19.9. The highest BCUT2D eigenvalue weighted by molar-refractivity contribution is 9.10. The van der Waals surface area contributed by atoms with Crippen LogP contribution in [-0.4, -0.2) is 29.9 Å². The fraction of sp³-hybridized carbons (Fsp3) is 0.353. The molecule has 27 heavy (non-hydrogen) atoms. The Morgan fingerprint density at radius 1 is 1.33 bits per heavy atom. The van der Waals surface area contributed by atoms with Crippen LogP contribution < -0.4 is 15.6 Å². The van der Waals surface area contributed by atoms with Crippen molar-refractivity contribution in [3.63, 3.8) is 0 Å². The Hall–Kier alpha value is -1.91. The number of hydrogen-bond acceptors (Lipinski definition) is 5. The molecular weight excluding hydrogens is 441 g/mol. The summed E-state index contributed by atoms with van der Waals surface area (Å²) in [4.78, 5) is 12.3. The Morgan fingerprint density at radius 2 is 2.04 bits per heavy atom. The van der Waals surface area contributed by atoms with Gasteiger partial charge in [-0.15, -0.1) is 0 Å². The molecule has 2 atom stereocenters. The van der Waals surface area contributed by atoms with Crippen LogP contribution in [0.1, 0.15) is 12.0 Å².